The van der Waals surface area contributed by atoms with E-state index in [9.17, 15) is 24.9 Å². The zero-order valence-electron chi connectivity index (χ0n) is 23.5. The van der Waals surface area contributed by atoms with Gasteiger partial charge in [-0.3, -0.25) is 9.59 Å². The van der Waals surface area contributed by atoms with Crippen molar-refractivity contribution < 1.29 is 24.9 Å². The minimum atomic E-state index is -0.388. The van der Waals surface area contributed by atoms with Gasteiger partial charge in [-0.1, -0.05) is 20.8 Å². The molecule has 2 amide bonds. The number of rotatable bonds is 9. The molecule has 0 aliphatic heterocycles. The van der Waals surface area contributed by atoms with Gasteiger partial charge in [-0.2, -0.15) is 0 Å². The van der Waals surface area contributed by atoms with Crippen molar-refractivity contribution in [1.29, 1.82) is 0 Å². The van der Waals surface area contributed by atoms with Gasteiger partial charge in [-0.05, 0) is 111 Å². The fourth-order valence-corrected chi connectivity index (χ4v) is 9.52. The number of unbranched alkanes of at least 4 members (excludes halogenated alkanes) is 1. The van der Waals surface area contributed by atoms with Crippen molar-refractivity contribution in [3.63, 3.8) is 0 Å². The van der Waals surface area contributed by atoms with Crippen LogP contribution in [0.2, 0.25) is 0 Å². The highest BCUT2D eigenvalue weighted by molar-refractivity contribution is 5.75. The molecule has 4 aliphatic carbocycles. The standard InChI is InChI=1S/C30H52N2O5/c1-18(7-10-27(37)32-14-6-5-13-31-19(2)33)22-8-9-23-28-24(17-26(36)30(22,23)4)29(3)12-11-21(34)15-20(29)16-25(28)35/h18,20-26,28,34-36H,5-17H2,1-4H3,(H,31,33)(H,32,37)/t18-,20+,21-,22-,23+,24+,25-,26+,28+,29+,30-/m1/s1. The number of fused-ring (bicyclic) bond motifs is 5. The lowest BCUT2D eigenvalue weighted by molar-refractivity contribution is -0.207. The van der Waals surface area contributed by atoms with Gasteiger partial charge in [0.05, 0.1) is 18.3 Å². The molecule has 4 fully saturated rings. The predicted molar refractivity (Wildman–Crippen MR) is 143 cm³/mol. The largest absolute Gasteiger partial charge is 0.393 e. The van der Waals surface area contributed by atoms with Crippen LogP contribution in [0.3, 0.4) is 0 Å². The fourth-order valence-electron chi connectivity index (χ4n) is 9.52. The fraction of sp³-hybridized carbons (Fsp3) is 0.933. The van der Waals surface area contributed by atoms with Crippen molar-refractivity contribution in [2.45, 2.75) is 117 Å². The second kappa shape index (κ2) is 11.5. The van der Waals surface area contributed by atoms with Crippen LogP contribution in [0.5, 0.6) is 0 Å². The van der Waals surface area contributed by atoms with Gasteiger partial charge in [0.1, 0.15) is 0 Å². The summed E-state index contributed by atoms with van der Waals surface area (Å²) < 4.78 is 0. The molecule has 0 aromatic heterocycles. The Morgan fingerprint density at radius 1 is 0.946 bits per heavy atom. The molecule has 4 rings (SSSR count). The highest BCUT2D eigenvalue weighted by Gasteiger charge is 2.65. The zero-order valence-corrected chi connectivity index (χ0v) is 23.5. The van der Waals surface area contributed by atoms with Crippen LogP contribution in [0.4, 0.5) is 0 Å². The zero-order chi connectivity index (χ0) is 27.0. The first-order valence-corrected chi connectivity index (χ1v) is 15.0. The quantitative estimate of drug-likeness (QED) is 0.299. The number of hydrogen-bond acceptors (Lipinski definition) is 5. The van der Waals surface area contributed by atoms with E-state index >= 15 is 0 Å². The first-order chi connectivity index (χ1) is 17.5. The van der Waals surface area contributed by atoms with E-state index in [-0.39, 0.29) is 46.9 Å². The third-order valence-corrected chi connectivity index (χ3v) is 11.6. The third-order valence-electron chi connectivity index (χ3n) is 11.6. The number of carbonyl (C=O) groups is 2. The molecule has 0 bridgehead atoms. The number of aliphatic hydroxyl groups excluding tert-OH is 3. The van der Waals surface area contributed by atoms with Crippen molar-refractivity contribution >= 4 is 11.8 Å². The van der Waals surface area contributed by atoms with Gasteiger partial charge in [-0.15, -0.1) is 0 Å². The number of nitrogens with one attached hydrogen (secondary N) is 2. The molecule has 4 aliphatic rings. The molecule has 0 saturated heterocycles. The summed E-state index contributed by atoms with van der Waals surface area (Å²) in [6, 6.07) is 0. The van der Waals surface area contributed by atoms with Crippen molar-refractivity contribution in [1.82, 2.24) is 10.6 Å². The van der Waals surface area contributed by atoms with Gasteiger partial charge in [0, 0.05) is 26.4 Å². The Kier molecular flexibility index (Phi) is 8.97. The van der Waals surface area contributed by atoms with E-state index in [2.05, 4.69) is 31.4 Å². The molecule has 7 heteroatoms. The number of hydrogen-bond donors (Lipinski definition) is 5. The van der Waals surface area contributed by atoms with Crippen LogP contribution < -0.4 is 10.6 Å². The van der Waals surface area contributed by atoms with Gasteiger partial charge < -0.3 is 26.0 Å². The monoisotopic (exact) mass is 520 g/mol. The highest BCUT2D eigenvalue weighted by atomic mass is 16.3. The van der Waals surface area contributed by atoms with Crippen LogP contribution in [0.15, 0.2) is 0 Å². The van der Waals surface area contributed by atoms with Crippen LogP contribution in [0.25, 0.3) is 0 Å². The van der Waals surface area contributed by atoms with Crippen molar-refractivity contribution in [3.8, 4) is 0 Å². The summed E-state index contributed by atoms with van der Waals surface area (Å²) in [5, 5.41) is 39.2. The molecule has 5 N–H and O–H groups in total. The molecule has 0 aromatic carbocycles. The van der Waals surface area contributed by atoms with Crippen LogP contribution in [0.1, 0.15) is 98.3 Å². The van der Waals surface area contributed by atoms with Gasteiger partial charge in [0.15, 0.2) is 0 Å². The Morgan fingerprint density at radius 3 is 2.35 bits per heavy atom. The number of carbonyl (C=O) groups excluding carboxylic acids is 2. The lowest BCUT2D eigenvalue weighted by Crippen LogP contribution is -2.62. The Labute approximate surface area is 223 Å². The van der Waals surface area contributed by atoms with E-state index in [0.717, 1.165) is 64.2 Å². The number of amides is 2. The maximum atomic E-state index is 12.5. The summed E-state index contributed by atoms with van der Waals surface area (Å²) in [5.41, 5.74) is -0.130. The van der Waals surface area contributed by atoms with Gasteiger partial charge in [0.25, 0.3) is 0 Å². The van der Waals surface area contributed by atoms with E-state index in [4.69, 9.17) is 0 Å². The minimum Gasteiger partial charge on any atom is -0.393 e. The average Bonchev–Trinajstić information content (AvgIpc) is 3.20. The van der Waals surface area contributed by atoms with Crippen LogP contribution in [0, 0.1) is 46.3 Å². The molecular weight excluding hydrogens is 468 g/mol. The lowest BCUT2D eigenvalue weighted by atomic mass is 9.43. The van der Waals surface area contributed by atoms with Crippen molar-refractivity contribution in [3.05, 3.63) is 0 Å². The van der Waals surface area contributed by atoms with E-state index in [0.29, 0.717) is 49.1 Å². The summed E-state index contributed by atoms with van der Waals surface area (Å²) in [6.07, 6.45) is 8.26. The van der Waals surface area contributed by atoms with E-state index in [1.165, 1.54) is 6.92 Å². The molecule has 0 spiro atoms. The summed E-state index contributed by atoms with van der Waals surface area (Å²) in [4.78, 5) is 23.4. The van der Waals surface area contributed by atoms with Gasteiger partial charge in [-0.25, -0.2) is 0 Å². The van der Waals surface area contributed by atoms with Crippen molar-refractivity contribution in [2.75, 3.05) is 13.1 Å². The summed E-state index contributed by atoms with van der Waals surface area (Å²) >= 11 is 0. The predicted octanol–water partition coefficient (Wildman–Crippen LogP) is 3.40. The lowest BCUT2D eigenvalue weighted by Gasteiger charge is -2.63. The number of aliphatic hydroxyl groups is 3. The summed E-state index contributed by atoms with van der Waals surface area (Å²) in [5.74, 6) is 1.93. The molecule has 0 heterocycles. The van der Waals surface area contributed by atoms with Gasteiger partial charge >= 0.3 is 0 Å². The normalized spacial score (nSPS) is 43.8. The Morgan fingerprint density at radius 2 is 1.65 bits per heavy atom. The highest BCUT2D eigenvalue weighted by Crippen LogP contribution is 2.68. The maximum Gasteiger partial charge on any atom is 0.220 e. The molecule has 4 saturated carbocycles. The molecule has 212 valence electrons. The first-order valence-electron chi connectivity index (χ1n) is 15.0. The molecule has 0 radical (unpaired) electrons. The summed E-state index contributed by atoms with van der Waals surface area (Å²) in [7, 11) is 0. The smallest absolute Gasteiger partial charge is 0.220 e. The molecule has 0 aromatic rings. The molecule has 7 nitrogen and oxygen atoms in total. The third kappa shape index (κ3) is 5.60. The van der Waals surface area contributed by atoms with E-state index < -0.39 is 0 Å². The van der Waals surface area contributed by atoms with Crippen LogP contribution >= 0.6 is 0 Å². The maximum absolute atomic E-state index is 12.5. The SMILES string of the molecule is CC(=O)NCCCCNC(=O)CC[C@@H](C)[C@H]1CC[C@H]2[C@@H]3[C@H](O)C[C@@H]4C[C@H](O)CC[C@]4(C)[C@H]3C[C@H](O)[C@]12C. The van der Waals surface area contributed by atoms with Gasteiger partial charge in [0.2, 0.25) is 11.8 Å². The molecule has 11 atom stereocenters. The van der Waals surface area contributed by atoms with Crippen LogP contribution in [-0.4, -0.2) is 58.5 Å². The molecular formula is C30H52N2O5. The Bertz CT molecular complexity index is 822. The molecule has 37 heavy (non-hydrogen) atoms. The Balaban J connectivity index is 1.34. The Hall–Kier alpha value is -1.18. The second-order valence-electron chi connectivity index (χ2n) is 13.6. The molecule has 0 unspecified atom stereocenters. The topological polar surface area (TPSA) is 119 Å². The van der Waals surface area contributed by atoms with E-state index in [1.807, 2.05) is 0 Å². The van der Waals surface area contributed by atoms with Crippen LogP contribution in [-0.2, 0) is 9.59 Å². The minimum absolute atomic E-state index is 0.0234. The van der Waals surface area contributed by atoms with Crippen molar-refractivity contribution in [2.24, 2.45) is 46.3 Å². The second-order valence-corrected chi connectivity index (χ2v) is 13.6. The average molecular weight is 521 g/mol. The van der Waals surface area contributed by atoms with E-state index in [1.54, 1.807) is 0 Å². The first kappa shape index (κ1) is 28.8. The summed E-state index contributed by atoms with van der Waals surface area (Å²) in [6.45, 7) is 9.67.